The lowest BCUT2D eigenvalue weighted by Crippen LogP contribution is -2.05. The van der Waals surface area contributed by atoms with Gasteiger partial charge in [-0.05, 0) is 49.1 Å². The maximum absolute atomic E-state index is 14.8. The third-order valence-corrected chi connectivity index (χ3v) is 6.73. The van der Waals surface area contributed by atoms with Gasteiger partial charge in [0.25, 0.3) is 0 Å². The van der Waals surface area contributed by atoms with Gasteiger partial charge in [0, 0.05) is 29.3 Å². The number of ether oxygens (including phenoxy) is 2. The molecule has 0 atom stereocenters. The zero-order valence-corrected chi connectivity index (χ0v) is 22.6. The molecule has 4 rings (SSSR count). The summed E-state index contributed by atoms with van der Waals surface area (Å²) < 4.78 is 25.2. The number of hydrogen-bond acceptors (Lipinski definition) is 7. The number of carboxylic acid groups (broad SMARTS) is 1. The third-order valence-electron chi connectivity index (χ3n) is 5.74. The van der Waals surface area contributed by atoms with E-state index in [1.807, 2.05) is 31.2 Å². The standard InChI is InChI=1S/C29H30FN3O4S/c1-17(2)12-25-26(20-8-9-24(23(30)15-20)37-11-10-36-4)32-29(38-25)33-27-22(28(34)35)14-21(16-31-27)19-7-5-6-18(3)13-19/h5-9,13-17H,10-12H2,1-4H3,(H,34,35)(H,31,32,33). The molecule has 2 aromatic heterocycles. The Morgan fingerprint density at radius 3 is 2.61 bits per heavy atom. The molecule has 0 radical (unpaired) electrons. The summed E-state index contributed by atoms with van der Waals surface area (Å²) >= 11 is 1.40. The molecule has 0 aliphatic rings. The molecule has 38 heavy (non-hydrogen) atoms. The SMILES string of the molecule is COCCOc1ccc(-c2nc(Nc3ncc(-c4cccc(C)c4)cc3C(=O)O)sc2CC(C)C)cc1F. The van der Waals surface area contributed by atoms with Crippen LogP contribution in [-0.2, 0) is 11.2 Å². The van der Waals surface area contributed by atoms with E-state index >= 15 is 0 Å². The molecule has 0 aliphatic heterocycles. The Morgan fingerprint density at radius 1 is 1.11 bits per heavy atom. The van der Waals surface area contributed by atoms with Gasteiger partial charge in [-0.1, -0.05) is 43.7 Å². The number of aromatic nitrogens is 2. The molecule has 0 amide bonds. The minimum Gasteiger partial charge on any atom is -0.488 e. The van der Waals surface area contributed by atoms with E-state index in [1.54, 1.807) is 31.5 Å². The Labute approximate surface area is 225 Å². The summed E-state index contributed by atoms with van der Waals surface area (Å²) in [5, 5.41) is 13.5. The number of carbonyl (C=O) groups is 1. The summed E-state index contributed by atoms with van der Waals surface area (Å²) in [4.78, 5) is 22.2. The maximum Gasteiger partial charge on any atom is 0.339 e. The summed E-state index contributed by atoms with van der Waals surface area (Å²) in [6, 6.07) is 14.2. The molecule has 0 fully saturated rings. The molecule has 0 saturated heterocycles. The highest BCUT2D eigenvalue weighted by Gasteiger charge is 2.19. The first kappa shape index (κ1) is 27.2. The molecule has 0 aliphatic carbocycles. The summed E-state index contributed by atoms with van der Waals surface area (Å²) in [6.07, 6.45) is 2.37. The lowest BCUT2D eigenvalue weighted by Gasteiger charge is -2.09. The molecule has 2 heterocycles. The van der Waals surface area contributed by atoms with E-state index in [2.05, 4.69) is 24.1 Å². The predicted octanol–water partition coefficient (Wildman–Crippen LogP) is 6.99. The van der Waals surface area contributed by atoms with Crippen molar-refractivity contribution in [2.24, 2.45) is 5.92 Å². The molecular formula is C29H30FN3O4S. The van der Waals surface area contributed by atoms with Gasteiger partial charge in [0.15, 0.2) is 16.7 Å². The van der Waals surface area contributed by atoms with Crippen molar-refractivity contribution in [2.45, 2.75) is 27.2 Å². The quantitative estimate of drug-likeness (QED) is 0.200. The number of aromatic carboxylic acids is 1. The van der Waals surface area contributed by atoms with Gasteiger partial charge in [-0.3, -0.25) is 0 Å². The van der Waals surface area contributed by atoms with Crippen LogP contribution >= 0.6 is 11.3 Å². The number of carboxylic acids is 1. The second-order valence-corrected chi connectivity index (χ2v) is 10.4. The fourth-order valence-electron chi connectivity index (χ4n) is 3.95. The van der Waals surface area contributed by atoms with Gasteiger partial charge < -0.3 is 19.9 Å². The molecule has 2 aromatic carbocycles. The van der Waals surface area contributed by atoms with Gasteiger partial charge in [-0.15, -0.1) is 11.3 Å². The van der Waals surface area contributed by atoms with E-state index in [1.165, 1.54) is 17.4 Å². The Morgan fingerprint density at radius 2 is 1.92 bits per heavy atom. The normalized spacial score (nSPS) is 11.1. The highest BCUT2D eigenvalue weighted by atomic mass is 32.1. The van der Waals surface area contributed by atoms with Crippen molar-refractivity contribution in [2.75, 3.05) is 25.6 Å². The largest absolute Gasteiger partial charge is 0.488 e. The van der Waals surface area contributed by atoms with Crippen LogP contribution < -0.4 is 10.1 Å². The predicted molar refractivity (Wildman–Crippen MR) is 148 cm³/mol. The summed E-state index contributed by atoms with van der Waals surface area (Å²) in [5.74, 6) is -0.907. The van der Waals surface area contributed by atoms with Crippen LogP contribution in [0.3, 0.4) is 0 Å². The molecule has 0 saturated carbocycles. The Hall–Kier alpha value is -3.82. The number of nitrogens with one attached hydrogen (secondary N) is 1. The molecule has 0 bridgehead atoms. The van der Waals surface area contributed by atoms with Gasteiger partial charge in [0.2, 0.25) is 0 Å². The average molecular weight is 536 g/mol. The smallest absolute Gasteiger partial charge is 0.339 e. The minimum absolute atomic E-state index is 0.0368. The van der Waals surface area contributed by atoms with Crippen LogP contribution in [0.5, 0.6) is 5.75 Å². The molecule has 9 heteroatoms. The fraction of sp³-hybridized carbons (Fsp3) is 0.276. The number of anilines is 2. The zero-order chi connectivity index (χ0) is 27.2. The van der Waals surface area contributed by atoms with E-state index < -0.39 is 11.8 Å². The van der Waals surface area contributed by atoms with Crippen LogP contribution in [0.15, 0.2) is 54.7 Å². The van der Waals surface area contributed by atoms with Crippen LogP contribution in [0, 0.1) is 18.7 Å². The van der Waals surface area contributed by atoms with Gasteiger partial charge in [0.05, 0.1) is 12.3 Å². The van der Waals surface area contributed by atoms with E-state index in [-0.39, 0.29) is 23.7 Å². The molecule has 0 spiro atoms. The second-order valence-electron chi connectivity index (χ2n) is 9.30. The van der Waals surface area contributed by atoms with E-state index in [9.17, 15) is 14.3 Å². The number of aryl methyl sites for hydroxylation is 1. The number of methoxy groups -OCH3 is 1. The van der Waals surface area contributed by atoms with Crippen molar-refractivity contribution in [3.8, 4) is 28.1 Å². The Bertz CT molecular complexity index is 1440. The lowest BCUT2D eigenvalue weighted by atomic mass is 10.0. The van der Waals surface area contributed by atoms with Crippen molar-refractivity contribution in [3.63, 3.8) is 0 Å². The highest BCUT2D eigenvalue weighted by Crippen LogP contribution is 2.36. The molecular weight excluding hydrogens is 505 g/mol. The summed E-state index contributed by atoms with van der Waals surface area (Å²) in [6.45, 7) is 6.78. The van der Waals surface area contributed by atoms with Crippen LogP contribution in [0.2, 0.25) is 0 Å². The van der Waals surface area contributed by atoms with Gasteiger partial charge in [-0.2, -0.15) is 0 Å². The first-order valence-corrected chi connectivity index (χ1v) is 13.1. The van der Waals surface area contributed by atoms with Crippen LogP contribution in [0.4, 0.5) is 15.3 Å². The topological polar surface area (TPSA) is 93.6 Å². The van der Waals surface area contributed by atoms with Gasteiger partial charge in [-0.25, -0.2) is 19.2 Å². The maximum atomic E-state index is 14.8. The summed E-state index contributed by atoms with van der Waals surface area (Å²) in [7, 11) is 1.56. The Kier molecular flexibility index (Phi) is 8.70. The monoisotopic (exact) mass is 535 g/mol. The zero-order valence-electron chi connectivity index (χ0n) is 21.7. The van der Waals surface area contributed by atoms with Crippen molar-refractivity contribution < 1.29 is 23.8 Å². The van der Waals surface area contributed by atoms with Gasteiger partial charge in [0.1, 0.15) is 18.0 Å². The Balaban J connectivity index is 1.66. The molecule has 0 unspecified atom stereocenters. The molecule has 4 aromatic rings. The first-order valence-electron chi connectivity index (χ1n) is 12.2. The van der Waals surface area contributed by atoms with Crippen molar-refractivity contribution in [1.29, 1.82) is 0 Å². The average Bonchev–Trinajstić information content (AvgIpc) is 3.26. The number of benzene rings is 2. The fourth-order valence-corrected chi connectivity index (χ4v) is 5.15. The van der Waals surface area contributed by atoms with E-state index in [4.69, 9.17) is 14.5 Å². The van der Waals surface area contributed by atoms with Crippen LogP contribution in [-0.4, -0.2) is 41.4 Å². The van der Waals surface area contributed by atoms with Gasteiger partial charge >= 0.3 is 5.97 Å². The number of nitrogens with zero attached hydrogens (tertiary/aromatic N) is 2. The number of rotatable bonds is 11. The van der Waals surface area contributed by atoms with Crippen LogP contribution in [0.1, 0.15) is 34.6 Å². The molecule has 198 valence electrons. The van der Waals surface area contributed by atoms with E-state index in [0.717, 1.165) is 22.4 Å². The third kappa shape index (κ3) is 6.54. The number of halogens is 1. The second kappa shape index (κ2) is 12.1. The number of thiazole rings is 1. The number of hydrogen-bond donors (Lipinski definition) is 2. The number of pyridine rings is 1. The summed E-state index contributed by atoms with van der Waals surface area (Å²) in [5.41, 5.74) is 3.96. The van der Waals surface area contributed by atoms with Crippen molar-refractivity contribution in [3.05, 3.63) is 76.5 Å². The lowest BCUT2D eigenvalue weighted by molar-refractivity contribution is 0.0697. The van der Waals surface area contributed by atoms with Crippen LogP contribution in [0.25, 0.3) is 22.4 Å². The molecule has 7 nitrogen and oxygen atoms in total. The minimum atomic E-state index is -1.10. The first-order chi connectivity index (χ1) is 18.2. The van der Waals surface area contributed by atoms with Crippen molar-refractivity contribution >= 4 is 28.3 Å². The van der Waals surface area contributed by atoms with E-state index in [0.29, 0.717) is 34.5 Å². The van der Waals surface area contributed by atoms with Crippen molar-refractivity contribution in [1.82, 2.24) is 9.97 Å². The molecule has 2 N–H and O–H groups in total. The highest BCUT2D eigenvalue weighted by molar-refractivity contribution is 7.16.